The van der Waals surface area contributed by atoms with Crippen molar-refractivity contribution in [3.63, 3.8) is 0 Å². The smallest absolute Gasteiger partial charge is 0.292 e. The summed E-state index contributed by atoms with van der Waals surface area (Å²) in [6.07, 6.45) is -3.11. The van der Waals surface area contributed by atoms with E-state index in [4.69, 9.17) is 5.84 Å². The Morgan fingerprint density at radius 1 is 1.11 bits per heavy atom. The van der Waals surface area contributed by atoms with Gasteiger partial charge >= 0.3 is 6.18 Å². The lowest BCUT2D eigenvalue weighted by molar-refractivity contribution is -0.141. The molecule has 0 aliphatic heterocycles. The Morgan fingerprint density at radius 3 is 2.44 bits per heavy atom. The number of hydrogen-bond donors (Lipinski definition) is 2. The van der Waals surface area contributed by atoms with E-state index < -0.39 is 11.9 Å². The van der Waals surface area contributed by atoms with E-state index in [2.05, 4.69) is 15.0 Å². The van der Waals surface area contributed by atoms with Crippen LogP contribution in [0.25, 0.3) is 11.4 Å². The van der Waals surface area contributed by atoms with Gasteiger partial charge in [-0.05, 0) is 18.2 Å². The molecule has 2 rings (SSSR count). The monoisotopic (exact) mass is 255 g/mol. The van der Waals surface area contributed by atoms with E-state index in [0.29, 0.717) is 5.69 Å². The van der Waals surface area contributed by atoms with E-state index in [0.717, 1.165) is 6.07 Å². The number of aromatic nitrogens is 3. The Bertz CT molecular complexity index is 541. The van der Waals surface area contributed by atoms with Crippen LogP contribution in [0.2, 0.25) is 0 Å². The zero-order valence-corrected chi connectivity index (χ0v) is 8.94. The molecule has 0 spiro atoms. The van der Waals surface area contributed by atoms with Crippen molar-refractivity contribution in [2.45, 2.75) is 6.18 Å². The molecule has 0 saturated carbocycles. The van der Waals surface area contributed by atoms with Crippen molar-refractivity contribution in [3.05, 3.63) is 36.2 Å². The molecule has 0 atom stereocenters. The lowest BCUT2D eigenvalue weighted by atomic mass is 10.2. The van der Waals surface area contributed by atoms with Gasteiger partial charge in [0.2, 0.25) is 5.95 Å². The second-order valence-electron chi connectivity index (χ2n) is 3.32. The molecule has 0 unspecified atom stereocenters. The lowest BCUT2D eigenvalue weighted by Crippen LogP contribution is -2.16. The minimum atomic E-state index is -4.57. The standard InChI is InChI=1S/C10H8F3N5/c11-10(12,13)8-5-7(16-9(17-8)18-14)6-3-1-2-4-15-6/h1-5H,14H2,(H,16,17,18). The zero-order valence-electron chi connectivity index (χ0n) is 8.94. The van der Waals surface area contributed by atoms with Crippen molar-refractivity contribution in [2.75, 3.05) is 5.43 Å². The van der Waals surface area contributed by atoms with Gasteiger partial charge in [-0.25, -0.2) is 15.8 Å². The Balaban J connectivity index is 2.55. The molecular formula is C10H8F3N5. The van der Waals surface area contributed by atoms with Crippen LogP contribution < -0.4 is 11.3 Å². The highest BCUT2D eigenvalue weighted by Gasteiger charge is 2.33. The predicted molar refractivity (Wildman–Crippen MR) is 58.1 cm³/mol. The Kier molecular flexibility index (Phi) is 3.11. The van der Waals surface area contributed by atoms with Crippen molar-refractivity contribution >= 4 is 5.95 Å². The second-order valence-corrected chi connectivity index (χ2v) is 3.32. The van der Waals surface area contributed by atoms with Gasteiger partial charge in [0, 0.05) is 6.20 Å². The number of nitrogens with one attached hydrogen (secondary N) is 1. The molecule has 0 aliphatic rings. The van der Waals surface area contributed by atoms with Crippen LogP contribution >= 0.6 is 0 Å². The van der Waals surface area contributed by atoms with Gasteiger partial charge in [-0.1, -0.05) is 6.07 Å². The fraction of sp³-hybridized carbons (Fsp3) is 0.100. The van der Waals surface area contributed by atoms with Crippen molar-refractivity contribution in [3.8, 4) is 11.4 Å². The summed E-state index contributed by atoms with van der Waals surface area (Å²) in [4.78, 5) is 11.0. The van der Waals surface area contributed by atoms with Gasteiger partial charge in [0.15, 0.2) is 5.69 Å². The van der Waals surface area contributed by atoms with Crippen LogP contribution in [0.3, 0.4) is 0 Å². The molecule has 5 nitrogen and oxygen atoms in total. The summed E-state index contributed by atoms with van der Waals surface area (Å²) in [5.74, 6) is 4.73. The third-order valence-electron chi connectivity index (χ3n) is 2.07. The fourth-order valence-electron chi connectivity index (χ4n) is 1.30. The Labute approximate surface area is 99.9 Å². The third-order valence-corrected chi connectivity index (χ3v) is 2.07. The number of rotatable bonds is 2. The van der Waals surface area contributed by atoms with Crippen LogP contribution in [0, 0.1) is 0 Å². The molecule has 3 N–H and O–H groups in total. The van der Waals surface area contributed by atoms with Gasteiger partial charge in [-0.15, -0.1) is 0 Å². The van der Waals surface area contributed by atoms with Crippen LogP contribution in [0.15, 0.2) is 30.5 Å². The second kappa shape index (κ2) is 4.57. The van der Waals surface area contributed by atoms with E-state index in [-0.39, 0.29) is 11.6 Å². The molecule has 0 saturated heterocycles. The summed E-state index contributed by atoms with van der Waals surface area (Å²) in [5.41, 5.74) is 1.28. The van der Waals surface area contributed by atoms with Crippen LogP contribution in [-0.4, -0.2) is 15.0 Å². The number of nitrogens with zero attached hydrogens (tertiary/aromatic N) is 3. The summed E-state index contributed by atoms with van der Waals surface area (Å²) in [6.45, 7) is 0. The lowest BCUT2D eigenvalue weighted by Gasteiger charge is -2.09. The highest BCUT2D eigenvalue weighted by Crippen LogP contribution is 2.30. The predicted octanol–water partition coefficient (Wildman–Crippen LogP) is 1.84. The molecule has 0 fully saturated rings. The molecule has 0 aromatic carbocycles. The van der Waals surface area contributed by atoms with E-state index in [1.165, 1.54) is 6.20 Å². The number of nitrogens with two attached hydrogens (primary N) is 1. The minimum Gasteiger partial charge on any atom is -0.292 e. The molecule has 0 amide bonds. The van der Waals surface area contributed by atoms with Gasteiger partial charge in [0.25, 0.3) is 0 Å². The van der Waals surface area contributed by atoms with Crippen LogP contribution in [0.1, 0.15) is 5.69 Å². The highest BCUT2D eigenvalue weighted by molar-refractivity contribution is 5.56. The minimum absolute atomic E-state index is 0.0471. The Morgan fingerprint density at radius 2 is 1.89 bits per heavy atom. The number of anilines is 1. The number of hydrazine groups is 1. The summed E-state index contributed by atoms with van der Waals surface area (Å²) in [5, 5.41) is 0. The van der Waals surface area contributed by atoms with Crippen molar-refractivity contribution < 1.29 is 13.2 Å². The first-order valence-electron chi connectivity index (χ1n) is 4.85. The third kappa shape index (κ3) is 2.54. The van der Waals surface area contributed by atoms with E-state index in [1.54, 1.807) is 18.2 Å². The SMILES string of the molecule is NNc1nc(-c2ccccn2)cc(C(F)(F)F)n1. The maximum Gasteiger partial charge on any atom is 0.433 e. The van der Waals surface area contributed by atoms with Crippen LogP contribution in [0.4, 0.5) is 19.1 Å². The topological polar surface area (TPSA) is 76.7 Å². The average molecular weight is 255 g/mol. The van der Waals surface area contributed by atoms with Crippen molar-refractivity contribution in [1.82, 2.24) is 15.0 Å². The van der Waals surface area contributed by atoms with Crippen LogP contribution in [0.5, 0.6) is 0 Å². The summed E-state index contributed by atoms with van der Waals surface area (Å²) < 4.78 is 37.9. The number of hydrogen-bond acceptors (Lipinski definition) is 5. The normalized spacial score (nSPS) is 11.3. The fourth-order valence-corrected chi connectivity index (χ4v) is 1.30. The van der Waals surface area contributed by atoms with E-state index >= 15 is 0 Å². The molecule has 18 heavy (non-hydrogen) atoms. The van der Waals surface area contributed by atoms with Crippen molar-refractivity contribution in [1.29, 1.82) is 0 Å². The highest BCUT2D eigenvalue weighted by atomic mass is 19.4. The van der Waals surface area contributed by atoms with Gasteiger partial charge in [-0.3, -0.25) is 10.4 Å². The van der Waals surface area contributed by atoms with Gasteiger partial charge in [0.1, 0.15) is 0 Å². The molecule has 94 valence electrons. The summed E-state index contributed by atoms with van der Waals surface area (Å²) >= 11 is 0. The van der Waals surface area contributed by atoms with E-state index in [9.17, 15) is 13.2 Å². The summed E-state index contributed by atoms with van der Waals surface area (Å²) in [7, 11) is 0. The van der Waals surface area contributed by atoms with Gasteiger partial charge in [-0.2, -0.15) is 13.2 Å². The van der Waals surface area contributed by atoms with Gasteiger partial charge in [0.05, 0.1) is 11.4 Å². The molecular weight excluding hydrogens is 247 g/mol. The van der Waals surface area contributed by atoms with Crippen LogP contribution in [-0.2, 0) is 6.18 Å². The first-order valence-corrected chi connectivity index (χ1v) is 4.85. The molecule has 0 aliphatic carbocycles. The molecule has 0 radical (unpaired) electrons. The molecule has 2 aromatic rings. The molecule has 0 bridgehead atoms. The molecule has 8 heteroatoms. The largest absolute Gasteiger partial charge is 0.433 e. The number of pyridine rings is 1. The van der Waals surface area contributed by atoms with Gasteiger partial charge < -0.3 is 0 Å². The zero-order chi connectivity index (χ0) is 13.2. The number of alkyl halides is 3. The average Bonchev–Trinajstić information content (AvgIpc) is 2.38. The van der Waals surface area contributed by atoms with Crippen molar-refractivity contribution in [2.24, 2.45) is 5.84 Å². The maximum atomic E-state index is 12.6. The first-order chi connectivity index (χ1) is 8.50. The number of nitrogen functional groups attached to an aromatic ring is 1. The van der Waals surface area contributed by atoms with E-state index in [1.807, 2.05) is 5.43 Å². The summed E-state index contributed by atoms with van der Waals surface area (Å²) in [6, 6.07) is 5.66. The molecule has 2 aromatic heterocycles. The quantitative estimate of drug-likeness (QED) is 0.632. The maximum absolute atomic E-state index is 12.6. The first kappa shape index (κ1) is 12.2. The Hall–Kier alpha value is -2.22. The number of halogens is 3. The molecule has 2 heterocycles.